The van der Waals surface area contributed by atoms with E-state index < -0.39 is 20.7 Å². The van der Waals surface area contributed by atoms with Crippen LogP contribution in [0.15, 0.2) is 0 Å². The SMILES string of the molecule is CSCCC(N)C(=O)O.O=[PH2]O. The maximum absolute atomic E-state index is 10.1. The fourth-order valence-corrected chi connectivity index (χ4v) is 0.858. The second-order valence-corrected chi connectivity index (χ2v) is 3.03. The predicted molar refractivity (Wildman–Crippen MR) is 51.2 cm³/mol. The molecule has 2 atom stereocenters. The van der Waals surface area contributed by atoms with Crippen LogP contribution in [0.2, 0.25) is 0 Å². The van der Waals surface area contributed by atoms with Gasteiger partial charge in [-0.1, -0.05) is 0 Å². The average Bonchev–Trinajstić information content (AvgIpc) is 2.01. The number of carboxylic acids is 1. The molecule has 0 aromatic heterocycles. The highest BCUT2D eigenvalue weighted by atomic mass is 32.2. The lowest BCUT2D eigenvalue weighted by Gasteiger charge is -2.02. The van der Waals surface area contributed by atoms with E-state index in [2.05, 4.69) is 0 Å². The Kier molecular flexibility index (Phi) is 13.2. The molecule has 0 aliphatic rings. The Morgan fingerprint density at radius 3 is 2.42 bits per heavy atom. The van der Waals surface area contributed by atoms with Gasteiger partial charge in [-0.25, -0.2) is 0 Å². The lowest BCUT2D eigenvalue weighted by molar-refractivity contribution is -0.138. The van der Waals surface area contributed by atoms with Gasteiger partial charge < -0.3 is 15.7 Å². The molecule has 2 unspecified atom stereocenters. The summed E-state index contributed by atoms with van der Waals surface area (Å²) in [7, 11) is -1.50. The van der Waals surface area contributed by atoms with Crippen LogP contribution >= 0.6 is 20.4 Å². The number of hydrogen-bond acceptors (Lipinski definition) is 4. The van der Waals surface area contributed by atoms with E-state index in [4.69, 9.17) is 20.3 Å². The number of nitrogens with two attached hydrogens (primary N) is 1. The topological polar surface area (TPSA) is 101 Å². The molecule has 0 aliphatic heterocycles. The molecule has 0 fully saturated rings. The summed E-state index contributed by atoms with van der Waals surface area (Å²) in [4.78, 5) is 17.2. The summed E-state index contributed by atoms with van der Waals surface area (Å²) in [5.41, 5.74) is 5.19. The van der Waals surface area contributed by atoms with Gasteiger partial charge in [-0.2, -0.15) is 11.8 Å². The Morgan fingerprint density at radius 2 is 2.17 bits per heavy atom. The summed E-state index contributed by atoms with van der Waals surface area (Å²) in [5.74, 6) is -0.1000. The number of thioether (sulfide) groups is 1. The van der Waals surface area contributed by atoms with Crippen molar-refractivity contribution in [3.05, 3.63) is 0 Å². The maximum atomic E-state index is 10.1. The van der Waals surface area contributed by atoms with Crippen LogP contribution in [0.5, 0.6) is 0 Å². The van der Waals surface area contributed by atoms with Crippen LogP contribution in [0.3, 0.4) is 0 Å². The van der Waals surface area contributed by atoms with E-state index in [1.807, 2.05) is 6.26 Å². The van der Waals surface area contributed by atoms with Gasteiger partial charge in [0.25, 0.3) is 0 Å². The molecular weight excluding hydrogens is 201 g/mol. The molecular formula is C5H14NO4PS. The van der Waals surface area contributed by atoms with Crippen molar-refractivity contribution < 1.29 is 19.4 Å². The average molecular weight is 215 g/mol. The summed E-state index contributed by atoms with van der Waals surface area (Å²) in [5, 5.41) is 8.27. The Hall–Kier alpha value is -0.0300. The van der Waals surface area contributed by atoms with Crippen molar-refractivity contribution in [3.8, 4) is 0 Å². The minimum absolute atomic E-state index is 0.552. The zero-order chi connectivity index (χ0) is 9.98. The zero-order valence-electron chi connectivity index (χ0n) is 6.77. The van der Waals surface area contributed by atoms with Gasteiger partial charge in [0.1, 0.15) is 6.04 Å². The van der Waals surface area contributed by atoms with Crippen LogP contribution in [0, 0.1) is 0 Å². The molecule has 0 rings (SSSR count). The Morgan fingerprint density at radius 1 is 1.75 bits per heavy atom. The van der Waals surface area contributed by atoms with E-state index in [1.165, 1.54) is 0 Å². The van der Waals surface area contributed by atoms with Gasteiger partial charge in [0.05, 0.1) is 0 Å². The van der Waals surface area contributed by atoms with Crippen LogP contribution < -0.4 is 5.73 Å². The first-order chi connectivity index (χ1) is 5.59. The molecule has 0 aromatic carbocycles. The molecule has 0 spiro atoms. The summed E-state index contributed by atoms with van der Waals surface area (Å²) in [6, 6.07) is -0.683. The Balaban J connectivity index is 0. The highest BCUT2D eigenvalue weighted by Gasteiger charge is 2.08. The van der Waals surface area contributed by atoms with Crippen molar-refractivity contribution in [2.75, 3.05) is 12.0 Å². The minimum Gasteiger partial charge on any atom is -0.480 e. The molecule has 7 heteroatoms. The first kappa shape index (κ1) is 14.5. The molecule has 0 saturated heterocycles. The lowest BCUT2D eigenvalue weighted by Crippen LogP contribution is -2.30. The van der Waals surface area contributed by atoms with Gasteiger partial charge in [-0.3, -0.25) is 9.36 Å². The van der Waals surface area contributed by atoms with Crippen molar-refractivity contribution in [2.24, 2.45) is 5.73 Å². The molecule has 0 saturated carbocycles. The quantitative estimate of drug-likeness (QED) is 0.561. The van der Waals surface area contributed by atoms with E-state index >= 15 is 0 Å². The number of aliphatic carboxylic acids is 1. The van der Waals surface area contributed by atoms with Gasteiger partial charge >= 0.3 is 5.97 Å². The number of rotatable bonds is 4. The number of hydrogen-bond donors (Lipinski definition) is 3. The summed E-state index contributed by atoms with van der Waals surface area (Å²) < 4.78 is 8.57. The maximum Gasteiger partial charge on any atom is 0.320 e. The summed E-state index contributed by atoms with van der Waals surface area (Å²) >= 11 is 1.60. The van der Waals surface area contributed by atoms with E-state index in [-0.39, 0.29) is 0 Å². The molecule has 0 amide bonds. The first-order valence-corrected chi connectivity index (χ1v) is 5.53. The second-order valence-electron chi connectivity index (χ2n) is 1.83. The molecule has 12 heavy (non-hydrogen) atoms. The lowest BCUT2D eigenvalue weighted by atomic mass is 10.2. The minimum atomic E-state index is -1.50. The third-order valence-corrected chi connectivity index (χ3v) is 1.59. The predicted octanol–water partition coefficient (Wildman–Crippen LogP) is -0.199. The van der Waals surface area contributed by atoms with Crippen LogP contribution in [-0.2, 0) is 9.36 Å². The van der Waals surface area contributed by atoms with E-state index in [0.29, 0.717) is 6.42 Å². The zero-order valence-corrected chi connectivity index (χ0v) is 8.74. The van der Waals surface area contributed by atoms with Crippen molar-refractivity contribution in [3.63, 3.8) is 0 Å². The highest BCUT2D eigenvalue weighted by Crippen LogP contribution is 1.97. The van der Waals surface area contributed by atoms with Crippen molar-refractivity contribution in [1.82, 2.24) is 0 Å². The molecule has 0 heterocycles. The van der Waals surface area contributed by atoms with Crippen molar-refractivity contribution >= 4 is 26.4 Å². The summed E-state index contributed by atoms with van der Waals surface area (Å²) in [6.07, 6.45) is 2.48. The van der Waals surface area contributed by atoms with Gasteiger partial charge in [0, 0.05) is 0 Å². The normalized spacial score (nSPS) is 12.2. The Bertz CT molecular complexity index is 135. The van der Waals surface area contributed by atoms with Crippen LogP contribution in [0.4, 0.5) is 0 Å². The molecule has 0 aliphatic carbocycles. The standard InChI is InChI=1S/C5H11NO2S.H3O2P/c1-9-3-2-4(6)5(7)8;1-3-2/h4H,2-3,6H2,1H3,(H,7,8);3H2,(H,1,2). The van der Waals surface area contributed by atoms with Crippen molar-refractivity contribution in [1.29, 1.82) is 0 Å². The number of carboxylic acid groups (broad SMARTS) is 1. The smallest absolute Gasteiger partial charge is 0.320 e. The monoisotopic (exact) mass is 215 g/mol. The second kappa shape index (κ2) is 11.0. The highest BCUT2D eigenvalue weighted by molar-refractivity contribution is 7.98. The molecule has 5 nitrogen and oxygen atoms in total. The molecule has 4 N–H and O–H groups in total. The molecule has 0 aromatic rings. The first-order valence-electron chi connectivity index (χ1n) is 3.15. The fraction of sp³-hybridized carbons (Fsp3) is 0.800. The van der Waals surface area contributed by atoms with Crippen LogP contribution in [0.1, 0.15) is 6.42 Å². The Labute approximate surface area is 76.6 Å². The summed E-state index contributed by atoms with van der Waals surface area (Å²) in [6.45, 7) is 0. The van der Waals surface area contributed by atoms with Gasteiger partial charge in [-0.05, 0) is 18.4 Å². The fourth-order valence-electron chi connectivity index (χ4n) is 0.368. The molecule has 0 bridgehead atoms. The van der Waals surface area contributed by atoms with Crippen LogP contribution in [0.25, 0.3) is 0 Å². The third-order valence-electron chi connectivity index (χ3n) is 0.950. The van der Waals surface area contributed by atoms with Gasteiger partial charge in [0.15, 0.2) is 8.69 Å². The molecule has 74 valence electrons. The number of carbonyl (C=O) groups is 1. The largest absolute Gasteiger partial charge is 0.480 e. The van der Waals surface area contributed by atoms with E-state index in [0.717, 1.165) is 5.75 Å². The van der Waals surface area contributed by atoms with Gasteiger partial charge in [0.2, 0.25) is 0 Å². The van der Waals surface area contributed by atoms with E-state index in [9.17, 15) is 4.79 Å². The third kappa shape index (κ3) is 12.6. The van der Waals surface area contributed by atoms with E-state index in [1.54, 1.807) is 11.8 Å². The van der Waals surface area contributed by atoms with Gasteiger partial charge in [-0.15, -0.1) is 0 Å². The molecule has 0 radical (unpaired) electrons. The van der Waals surface area contributed by atoms with Crippen molar-refractivity contribution in [2.45, 2.75) is 12.5 Å². The van der Waals surface area contributed by atoms with Crippen LogP contribution in [-0.4, -0.2) is 34.0 Å².